The summed E-state index contributed by atoms with van der Waals surface area (Å²) in [6.07, 6.45) is 2.64. The Bertz CT molecular complexity index is 673. The Morgan fingerprint density at radius 2 is 1.96 bits per heavy atom. The summed E-state index contributed by atoms with van der Waals surface area (Å²) in [4.78, 5) is 4.28. The molecule has 0 bridgehead atoms. The van der Waals surface area contributed by atoms with Gasteiger partial charge in [-0.05, 0) is 18.1 Å². The fraction of sp³-hybridized carbons (Fsp3) is 0.500. The number of halogens is 1. The van der Waals surface area contributed by atoms with Crippen LogP contribution in [-0.4, -0.2) is 40.9 Å². The van der Waals surface area contributed by atoms with E-state index in [1.54, 1.807) is 13.4 Å². The Labute approximate surface area is 172 Å². The molecule has 0 atom stereocenters. The van der Waals surface area contributed by atoms with Crippen molar-refractivity contribution in [1.82, 2.24) is 25.4 Å². The van der Waals surface area contributed by atoms with Gasteiger partial charge in [-0.2, -0.15) is 0 Å². The highest BCUT2D eigenvalue weighted by atomic mass is 127. The van der Waals surface area contributed by atoms with E-state index in [-0.39, 0.29) is 24.0 Å². The van der Waals surface area contributed by atoms with E-state index < -0.39 is 0 Å². The van der Waals surface area contributed by atoms with Crippen LogP contribution in [0.25, 0.3) is 0 Å². The molecule has 7 nitrogen and oxygen atoms in total. The molecule has 1 aromatic carbocycles. The number of aliphatic imine (C=N–C) groups is 1. The van der Waals surface area contributed by atoms with E-state index >= 15 is 0 Å². The van der Waals surface area contributed by atoms with Gasteiger partial charge in [-0.3, -0.25) is 4.99 Å². The molecule has 1 heterocycles. The average molecular weight is 472 g/mol. The van der Waals surface area contributed by atoms with Crippen molar-refractivity contribution < 1.29 is 4.74 Å². The van der Waals surface area contributed by atoms with Crippen LogP contribution in [0.2, 0.25) is 0 Å². The molecular weight excluding hydrogens is 443 g/mol. The maximum Gasteiger partial charge on any atom is 0.191 e. The molecule has 0 saturated heterocycles. The Morgan fingerprint density at radius 1 is 1.19 bits per heavy atom. The summed E-state index contributed by atoms with van der Waals surface area (Å²) >= 11 is 0. The van der Waals surface area contributed by atoms with Crippen LogP contribution in [0.5, 0.6) is 0 Å². The molecule has 0 unspecified atom stereocenters. The van der Waals surface area contributed by atoms with Gasteiger partial charge in [0.25, 0.3) is 0 Å². The first-order valence-corrected chi connectivity index (χ1v) is 8.74. The third-order valence-corrected chi connectivity index (χ3v) is 3.91. The number of nitrogens with zero attached hydrogens (tertiary/aromatic N) is 4. The predicted octanol–water partition coefficient (Wildman–Crippen LogP) is 2.36. The fourth-order valence-electron chi connectivity index (χ4n) is 2.52. The lowest BCUT2D eigenvalue weighted by Crippen LogP contribution is -2.38. The minimum Gasteiger partial charge on any atom is -0.377 e. The molecule has 2 aromatic rings. The summed E-state index contributed by atoms with van der Waals surface area (Å²) in [6, 6.07) is 8.29. The molecule has 0 aliphatic carbocycles. The molecular formula is C18H29IN6O. The van der Waals surface area contributed by atoms with E-state index in [1.807, 2.05) is 19.1 Å². The standard InChI is InChI=1S/C18H28N6O.HI/c1-4-17-23-22-14-24(17)11-10-20-18(19-3)21-12-15-8-6-7-9-16(15)13-25-5-2;/h6-9,14H,4-5,10-13H2,1-3H3,(H2,19,20,21);1H. The van der Waals surface area contributed by atoms with Crippen LogP contribution < -0.4 is 10.6 Å². The van der Waals surface area contributed by atoms with Gasteiger partial charge in [0.05, 0.1) is 6.61 Å². The zero-order valence-corrected chi connectivity index (χ0v) is 18.1. The molecule has 1 aromatic heterocycles. The van der Waals surface area contributed by atoms with Crippen LogP contribution in [0.4, 0.5) is 0 Å². The van der Waals surface area contributed by atoms with Crippen LogP contribution in [-0.2, 0) is 30.9 Å². The zero-order valence-electron chi connectivity index (χ0n) is 15.7. The van der Waals surface area contributed by atoms with Gasteiger partial charge in [0.2, 0.25) is 0 Å². The number of hydrogen-bond donors (Lipinski definition) is 2. The Morgan fingerprint density at radius 3 is 2.65 bits per heavy atom. The van der Waals surface area contributed by atoms with E-state index in [1.165, 1.54) is 11.1 Å². The Balaban J connectivity index is 0.00000338. The van der Waals surface area contributed by atoms with Gasteiger partial charge in [-0.15, -0.1) is 34.2 Å². The summed E-state index contributed by atoms with van der Waals surface area (Å²) in [7, 11) is 1.78. The quantitative estimate of drug-likeness (QED) is 0.333. The van der Waals surface area contributed by atoms with Crippen molar-refractivity contribution in [1.29, 1.82) is 0 Å². The van der Waals surface area contributed by atoms with Gasteiger partial charge in [-0.1, -0.05) is 31.2 Å². The van der Waals surface area contributed by atoms with Crippen LogP contribution in [0, 0.1) is 0 Å². The maximum absolute atomic E-state index is 5.53. The summed E-state index contributed by atoms with van der Waals surface area (Å²) in [6.45, 7) is 7.70. The lowest BCUT2D eigenvalue weighted by molar-refractivity contribution is 0.133. The molecule has 2 rings (SSSR count). The second kappa shape index (κ2) is 12.6. The van der Waals surface area contributed by atoms with Crippen molar-refractivity contribution in [2.24, 2.45) is 4.99 Å². The number of guanidine groups is 1. The first-order valence-electron chi connectivity index (χ1n) is 8.74. The van der Waals surface area contributed by atoms with Crippen molar-refractivity contribution in [3.05, 3.63) is 47.5 Å². The van der Waals surface area contributed by atoms with Crippen LogP contribution in [0.3, 0.4) is 0 Å². The van der Waals surface area contributed by atoms with E-state index in [9.17, 15) is 0 Å². The second-order valence-corrected chi connectivity index (χ2v) is 5.55. The summed E-state index contributed by atoms with van der Waals surface area (Å²) in [5.74, 6) is 1.77. The molecule has 0 aliphatic heterocycles. The number of aromatic nitrogens is 3. The van der Waals surface area contributed by atoms with Crippen LogP contribution in [0.1, 0.15) is 30.8 Å². The average Bonchev–Trinajstić information content (AvgIpc) is 3.11. The monoisotopic (exact) mass is 472 g/mol. The number of aryl methyl sites for hydroxylation is 1. The zero-order chi connectivity index (χ0) is 17.9. The van der Waals surface area contributed by atoms with Gasteiger partial charge < -0.3 is 19.9 Å². The minimum atomic E-state index is 0. The minimum absolute atomic E-state index is 0. The SMILES string of the molecule is CCOCc1ccccc1CNC(=NC)NCCn1cnnc1CC.I. The summed E-state index contributed by atoms with van der Waals surface area (Å²) in [5, 5.41) is 14.7. The molecule has 0 radical (unpaired) electrons. The van der Waals surface area contributed by atoms with Crippen molar-refractivity contribution in [3.8, 4) is 0 Å². The van der Waals surface area contributed by atoms with Gasteiger partial charge in [0.1, 0.15) is 12.2 Å². The van der Waals surface area contributed by atoms with Gasteiger partial charge in [0.15, 0.2) is 5.96 Å². The molecule has 2 N–H and O–H groups in total. The number of benzene rings is 1. The summed E-state index contributed by atoms with van der Waals surface area (Å²) < 4.78 is 7.59. The van der Waals surface area contributed by atoms with Crippen molar-refractivity contribution >= 4 is 29.9 Å². The van der Waals surface area contributed by atoms with E-state index in [0.717, 1.165) is 31.3 Å². The molecule has 0 spiro atoms. The van der Waals surface area contributed by atoms with Crippen molar-refractivity contribution in [3.63, 3.8) is 0 Å². The van der Waals surface area contributed by atoms with E-state index in [0.29, 0.717) is 19.8 Å². The van der Waals surface area contributed by atoms with Crippen LogP contribution in [0.15, 0.2) is 35.6 Å². The largest absolute Gasteiger partial charge is 0.377 e. The third kappa shape index (κ3) is 6.91. The van der Waals surface area contributed by atoms with Crippen LogP contribution >= 0.6 is 24.0 Å². The first kappa shape index (κ1) is 22.4. The highest BCUT2D eigenvalue weighted by molar-refractivity contribution is 14.0. The molecule has 0 fully saturated rings. The van der Waals surface area contributed by atoms with E-state index in [2.05, 4.69) is 49.4 Å². The lowest BCUT2D eigenvalue weighted by atomic mass is 10.1. The fourth-order valence-corrected chi connectivity index (χ4v) is 2.52. The number of nitrogens with one attached hydrogen (secondary N) is 2. The molecule has 144 valence electrons. The van der Waals surface area contributed by atoms with Gasteiger partial charge in [0, 0.05) is 39.7 Å². The Kier molecular flexibility index (Phi) is 10.9. The molecule has 8 heteroatoms. The smallest absolute Gasteiger partial charge is 0.191 e. The molecule has 0 amide bonds. The van der Waals surface area contributed by atoms with E-state index in [4.69, 9.17) is 4.74 Å². The maximum atomic E-state index is 5.53. The molecule has 26 heavy (non-hydrogen) atoms. The predicted molar refractivity (Wildman–Crippen MR) is 115 cm³/mol. The van der Waals surface area contributed by atoms with Crippen molar-refractivity contribution in [2.75, 3.05) is 20.2 Å². The normalized spacial score (nSPS) is 11.1. The first-order chi connectivity index (χ1) is 12.3. The highest BCUT2D eigenvalue weighted by Gasteiger charge is 2.05. The molecule has 0 saturated carbocycles. The molecule has 0 aliphatic rings. The van der Waals surface area contributed by atoms with Gasteiger partial charge >= 0.3 is 0 Å². The lowest BCUT2D eigenvalue weighted by Gasteiger charge is -2.14. The number of hydrogen-bond acceptors (Lipinski definition) is 4. The second-order valence-electron chi connectivity index (χ2n) is 5.55. The Hall–Kier alpha value is -1.68. The highest BCUT2D eigenvalue weighted by Crippen LogP contribution is 2.09. The number of ether oxygens (including phenoxy) is 1. The van der Waals surface area contributed by atoms with Gasteiger partial charge in [-0.25, -0.2) is 0 Å². The third-order valence-electron chi connectivity index (χ3n) is 3.91. The summed E-state index contributed by atoms with van der Waals surface area (Å²) in [5.41, 5.74) is 2.41. The number of rotatable bonds is 9. The van der Waals surface area contributed by atoms with Crippen molar-refractivity contribution in [2.45, 2.75) is 40.0 Å². The topological polar surface area (TPSA) is 76.4 Å².